The van der Waals surface area contributed by atoms with E-state index in [1.165, 1.54) is 14.2 Å². The van der Waals surface area contributed by atoms with Gasteiger partial charge in [-0.1, -0.05) is 58.5 Å². The predicted molar refractivity (Wildman–Crippen MR) is 256 cm³/mol. The van der Waals surface area contributed by atoms with Gasteiger partial charge in [-0.25, -0.2) is 14.4 Å². The number of nitrogens with one attached hydrogen (secondary N) is 4. The van der Waals surface area contributed by atoms with E-state index in [-0.39, 0.29) is 23.6 Å². The van der Waals surface area contributed by atoms with Crippen molar-refractivity contribution >= 4 is 98.1 Å². The monoisotopic (exact) mass is 998 g/mol. The molecule has 7 N–H and O–H groups in total. The number of fused-ring (bicyclic) bond motifs is 4. The van der Waals surface area contributed by atoms with Crippen LogP contribution in [0.25, 0.3) is 21.8 Å². The molecule has 0 fully saturated rings. The van der Waals surface area contributed by atoms with Crippen molar-refractivity contribution in [3.63, 3.8) is 0 Å². The maximum Gasteiger partial charge on any atom is 0.407 e. The molecule has 8 rings (SSSR count). The molecule has 17 nitrogen and oxygen atoms in total. The van der Waals surface area contributed by atoms with E-state index in [0.29, 0.717) is 33.7 Å². The first-order valence-corrected chi connectivity index (χ1v) is 22.2. The number of carbonyl (C=O) groups is 5. The van der Waals surface area contributed by atoms with Crippen LogP contribution in [-0.4, -0.2) is 106 Å². The van der Waals surface area contributed by atoms with E-state index in [4.69, 9.17) is 62.0 Å². The Morgan fingerprint density at radius 3 is 2.03 bits per heavy atom. The van der Waals surface area contributed by atoms with E-state index in [2.05, 4.69) is 40.5 Å². The smallest absolute Gasteiger partial charge is 0.407 e. The van der Waals surface area contributed by atoms with Crippen LogP contribution in [-0.2, 0) is 44.9 Å². The molecule has 2 amide bonds. The van der Waals surface area contributed by atoms with Crippen molar-refractivity contribution in [3.8, 4) is 0 Å². The highest BCUT2D eigenvalue weighted by atomic mass is 35.5. The molecule has 356 valence electrons. The summed E-state index contributed by atoms with van der Waals surface area (Å²) < 4.78 is 14.0. The van der Waals surface area contributed by atoms with Crippen LogP contribution >= 0.6 is 46.4 Å². The summed E-state index contributed by atoms with van der Waals surface area (Å²) in [6.45, 7) is 9.89. The summed E-state index contributed by atoms with van der Waals surface area (Å²) in [5, 5.41) is 31.7. The van der Waals surface area contributed by atoms with Gasteiger partial charge in [0.25, 0.3) is 5.91 Å². The van der Waals surface area contributed by atoms with E-state index in [0.717, 1.165) is 80.6 Å². The van der Waals surface area contributed by atoms with Gasteiger partial charge in [0.05, 0.1) is 58.8 Å². The van der Waals surface area contributed by atoms with Crippen LogP contribution in [0.5, 0.6) is 0 Å². The van der Waals surface area contributed by atoms with Gasteiger partial charge in [-0.3, -0.25) is 19.8 Å². The highest BCUT2D eigenvalue weighted by Gasteiger charge is 2.26. The number of hydrogen-bond donors (Lipinski definition) is 6. The lowest BCUT2D eigenvalue weighted by Crippen LogP contribution is -2.44. The van der Waals surface area contributed by atoms with Gasteiger partial charge in [0.15, 0.2) is 0 Å². The predicted octanol–water partition coefficient (Wildman–Crippen LogP) is 8.07. The molecule has 0 aliphatic carbocycles. The Labute approximate surface area is 405 Å². The minimum Gasteiger partial charge on any atom is -0.478 e. The van der Waals surface area contributed by atoms with Gasteiger partial charge < -0.3 is 40.6 Å². The van der Waals surface area contributed by atoms with Gasteiger partial charge in [-0.05, 0) is 111 Å². The molecule has 1 atom stereocenters. The third-order valence-corrected chi connectivity index (χ3v) is 12.0. The van der Waals surface area contributed by atoms with Gasteiger partial charge in [-0.2, -0.15) is 10.2 Å². The number of carboxylic acids is 1. The molecular formula is C46H50Cl4N8O9. The Morgan fingerprint density at radius 1 is 0.836 bits per heavy atom. The van der Waals surface area contributed by atoms with Crippen molar-refractivity contribution in [2.45, 2.75) is 65.3 Å². The summed E-state index contributed by atoms with van der Waals surface area (Å²) in [7, 11) is 2.55. The van der Waals surface area contributed by atoms with Gasteiger partial charge in [-0.15, -0.1) is 0 Å². The fourth-order valence-corrected chi connectivity index (χ4v) is 8.20. The molecule has 21 heteroatoms. The van der Waals surface area contributed by atoms with Crippen molar-refractivity contribution in [2.75, 3.05) is 33.9 Å². The number of hydrogen-bond acceptors (Lipinski definition) is 12. The average Bonchev–Trinajstić information content (AvgIpc) is 3.99. The maximum absolute atomic E-state index is 12.8. The average molecular weight is 1000 g/mol. The fourth-order valence-electron chi connectivity index (χ4n) is 6.86. The number of alkyl carbamates (subject to hydrolysis) is 1. The topological polar surface area (TPSA) is 244 Å². The van der Waals surface area contributed by atoms with E-state index < -0.39 is 35.6 Å². The molecule has 0 spiro atoms. The largest absolute Gasteiger partial charge is 0.478 e. The van der Waals surface area contributed by atoms with Crippen LogP contribution in [0, 0.1) is 6.92 Å². The SMILES string of the molecule is COC(=O)[C@@H](N)CNC(=O)OC(C)(C)C.COC(=O)c1c(Cl)cc2c(c1Cl)CCNC2.Cc1c(Cl)cc2c(c1Cl)CCN(C(=O)c1ccc3cn[nH]c3c1)C2.O=C(O)c1ccc2cn[nH]c2c1. The number of aromatic nitrogens is 4. The number of nitrogens with zero attached hydrogens (tertiary/aromatic N) is 3. The van der Waals surface area contributed by atoms with Crippen molar-refractivity contribution in [1.29, 1.82) is 0 Å². The number of methoxy groups -OCH3 is 2. The third-order valence-electron chi connectivity index (χ3n) is 10.3. The van der Waals surface area contributed by atoms with Gasteiger partial charge >= 0.3 is 24.0 Å². The molecule has 2 aliphatic heterocycles. The molecule has 6 aromatic rings. The number of carbonyl (C=O) groups excluding carboxylic acids is 4. The molecule has 2 aliphatic rings. The summed E-state index contributed by atoms with van der Waals surface area (Å²) >= 11 is 24.9. The molecule has 4 heterocycles. The van der Waals surface area contributed by atoms with Crippen molar-refractivity contribution in [2.24, 2.45) is 5.73 Å². The highest BCUT2D eigenvalue weighted by Crippen LogP contribution is 2.35. The molecule has 0 saturated heterocycles. The lowest BCUT2D eigenvalue weighted by Gasteiger charge is -2.30. The zero-order chi connectivity index (χ0) is 49.2. The van der Waals surface area contributed by atoms with Crippen LogP contribution < -0.4 is 16.4 Å². The van der Waals surface area contributed by atoms with Gasteiger partial charge in [0.1, 0.15) is 11.6 Å². The zero-order valence-corrected chi connectivity index (χ0v) is 40.5. The lowest BCUT2D eigenvalue weighted by molar-refractivity contribution is -0.142. The standard InChI is InChI=1S/C18H15Cl2N3O.C11H11Cl2NO2.C9H18N2O4.C8H6N2O2/c1-10-15(19)6-13-9-23(5-4-14(13)17(10)20)18(24)11-2-3-12-8-21-22-16(12)7-11;1-16-11(15)9-8(12)4-6-5-14-3-2-7(6)10(9)13;1-9(2,3)15-8(13)11-5-6(10)7(12)14-4;11-8(12)5-1-2-6-4-9-10-7(6)3-5/h2-3,6-8H,4-5,9H2,1H3,(H,21,22);4,14H,2-3,5H2,1H3;6H,5,10H2,1-4H3,(H,11,13);1-4H,(H,9,10)(H,11,12)/t;;6-;/m..0./s1. The van der Waals surface area contributed by atoms with Crippen LogP contribution in [0.1, 0.15) is 79.7 Å². The van der Waals surface area contributed by atoms with Gasteiger partial charge in [0, 0.05) is 52.6 Å². The van der Waals surface area contributed by atoms with Crippen molar-refractivity contribution in [1.82, 2.24) is 35.9 Å². The van der Waals surface area contributed by atoms with Crippen LogP contribution in [0.4, 0.5) is 4.79 Å². The minimum absolute atomic E-state index is 0.00460. The molecule has 0 unspecified atom stereocenters. The van der Waals surface area contributed by atoms with E-state index >= 15 is 0 Å². The van der Waals surface area contributed by atoms with E-state index in [9.17, 15) is 24.0 Å². The number of aromatic carboxylic acids is 1. The van der Waals surface area contributed by atoms with Crippen molar-refractivity contribution < 1.29 is 43.3 Å². The normalized spacial score (nSPS) is 13.2. The number of rotatable bonds is 6. The summed E-state index contributed by atoms with van der Waals surface area (Å²) in [6.07, 6.45) is 4.33. The molecule has 0 saturated carbocycles. The summed E-state index contributed by atoms with van der Waals surface area (Å²) in [5.74, 6) is -1.99. The first-order chi connectivity index (χ1) is 31.7. The third kappa shape index (κ3) is 13.6. The number of H-pyrrole nitrogens is 2. The Morgan fingerprint density at radius 2 is 1.43 bits per heavy atom. The molecule has 4 aromatic carbocycles. The van der Waals surface area contributed by atoms with E-state index in [1.54, 1.807) is 57.4 Å². The van der Waals surface area contributed by atoms with Crippen LogP contribution in [0.3, 0.4) is 0 Å². The number of ether oxygens (including phenoxy) is 3. The second kappa shape index (κ2) is 23.2. The quantitative estimate of drug-likeness (QED) is 0.0684. The molecular weight excluding hydrogens is 950 g/mol. The van der Waals surface area contributed by atoms with Crippen molar-refractivity contribution in [3.05, 3.63) is 126 Å². The second-order valence-electron chi connectivity index (χ2n) is 16.2. The Balaban J connectivity index is 0.000000174. The molecule has 0 bridgehead atoms. The fraction of sp³-hybridized carbons (Fsp3) is 0.326. The Hall–Kier alpha value is -5.95. The number of amides is 2. The summed E-state index contributed by atoms with van der Waals surface area (Å²) in [4.78, 5) is 58.7. The first-order valence-electron chi connectivity index (χ1n) is 20.7. The van der Waals surface area contributed by atoms with Crippen LogP contribution in [0.15, 0.2) is 60.9 Å². The number of nitrogens with two attached hydrogens (primary N) is 1. The van der Waals surface area contributed by atoms with E-state index in [1.807, 2.05) is 36.1 Å². The molecule has 67 heavy (non-hydrogen) atoms. The van der Waals surface area contributed by atoms with Gasteiger partial charge in [0.2, 0.25) is 0 Å². The summed E-state index contributed by atoms with van der Waals surface area (Å²) in [6, 6.07) is 13.3. The number of aromatic amines is 2. The number of halogens is 4. The Bertz CT molecular complexity index is 2790. The maximum atomic E-state index is 12.8. The number of esters is 2. The van der Waals surface area contributed by atoms with Crippen LogP contribution in [0.2, 0.25) is 20.1 Å². The number of carboxylic acid groups (broad SMARTS) is 1. The second-order valence-corrected chi connectivity index (χ2v) is 17.7. The Kier molecular flexibility index (Phi) is 18.0. The zero-order valence-electron chi connectivity index (χ0n) is 37.4. The summed E-state index contributed by atoms with van der Waals surface area (Å²) in [5.41, 5.74) is 12.7. The molecule has 0 radical (unpaired) electrons. The first kappa shape index (κ1) is 52.0. The minimum atomic E-state index is -0.925. The lowest BCUT2D eigenvalue weighted by atomic mass is 9.96. The molecule has 2 aromatic heterocycles. The highest BCUT2D eigenvalue weighted by molar-refractivity contribution is 6.40. The number of benzene rings is 4.